The fourth-order valence-corrected chi connectivity index (χ4v) is 2.47. The maximum atomic E-state index is 3.84. The third-order valence-electron chi connectivity index (χ3n) is 3.19. The van der Waals surface area contributed by atoms with E-state index in [9.17, 15) is 0 Å². The Morgan fingerprint density at radius 3 is 2.59 bits per heavy atom. The SMILES string of the molecule is C=CCC1Cc2ccccc2C(CC=C)N1.Cl. The van der Waals surface area contributed by atoms with Crippen LogP contribution in [0.2, 0.25) is 0 Å². The first kappa shape index (κ1) is 14.0. The molecule has 0 aliphatic carbocycles. The average molecular weight is 250 g/mol. The summed E-state index contributed by atoms with van der Waals surface area (Å²) in [7, 11) is 0. The van der Waals surface area contributed by atoms with Gasteiger partial charge in [-0.25, -0.2) is 0 Å². The Kier molecular flexibility index (Phi) is 5.46. The predicted molar refractivity (Wildman–Crippen MR) is 76.7 cm³/mol. The smallest absolute Gasteiger partial charge is 0.0360 e. The van der Waals surface area contributed by atoms with Crippen LogP contribution in [0.3, 0.4) is 0 Å². The summed E-state index contributed by atoms with van der Waals surface area (Å²) in [5.41, 5.74) is 2.91. The Labute approximate surface area is 110 Å². The van der Waals surface area contributed by atoms with Gasteiger partial charge < -0.3 is 5.32 Å². The molecule has 0 radical (unpaired) electrons. The first-order valence-corrected chi connectivity index (χ1v) is 5.90. The molecule has 0 aromatic heterocycles. The maximum absolute atomic E-state index is 3.84. The molecule has 0 fully saturated rings. The maximum Gasteiger partial charge on any atom is 0.0360 e. The van der Waals surface area contributed by atoms with Gasteiger partial charge >= 0.3 is 0 Å². The van der Waals surface area contributed by atoms with Crippen molar-refractivity contribution in [2.45, 2.75) is 31.3 Å². The highest BCUT2D eigenvalue weighted by Crippen LogP contribution is 2.28. The van der Waals surface area contributed by atoms with Crippen molar-refractivity contribution >= 4 is 12.4 Å². The number of hydrogen-bond donors (Lipinski definition) is 1. The van der Waals surface area contributed by atoms with Crippen molar-refractivity contribution in [1.29, 1.82) is 0 Å². The van der Waals surface area contributed by atoms with Crippen LogP contribution in [-0.2, 0) is 6.42 Å². The molecule has 17 heavy (non-hydrogen) atoms. The second kappa shape index (κ2) is 6.63. The lowest BCUT2D eigenvalue weighted by molar-refractivity contribution is 0.406. The average Bonchev–Trinajstić information content (AvgIpc) is 2.30. The van der Waals surface area contributed by atoms with Gasteiger partial charge in [0.2, 0.25) is 0 Å². The van der Waals surface area contributed by atoms with E-state index >= 15 is 0 Å². The van der Waals surface area contributed by atoms with E-state index in [1.807, 2.05) is 12.2 Å². The number of rotatable bonds is 4. The van der Waals surface area contributed by atoms with Gasteiger partial charge in [0.1, 0.15) is 0 Å². The first-order chi connectivity index (χ1) is 7.85. The molecule has 1 aliphatic rings. The fourth-order valence-electron chi connectivity index (χ4n) is 2.47. The summed E-state index contributed by atoms with van der Waals surface area (Å²) in [5.74, 6) is 0. The Hall–Kier alpha value is -1.05. The van der Waals surface area contributed by atoms with Crippen molar-refractivity contribution in [2.24, 2.45) is 0 Å². The summed E-state index contributed by atoms with van der Waals surface area (Å²) in [4.78, 5) is 0. The zero-order chi connectivity index (χ0) is 11.4. The largest absolute Gasteiger partial charge is 0.306 e. The lowest BCUT2D eigenvalue weighted by Crippen LogP contribution is -2.38. The topological polar surface area (TPSA) is 12.0 Å². The molecule has 2 unspecified atom stereocenters. The van der Waals surface area contributed by atoms with Gasteiger partial charge in [-0.3, -0.25) is 0 Å². The van der Waals surface area contributed by atoms with Crippen LogP contribution in [0.25, 0.3) is 0 Å². The number of fused-ring (bicyclic) bond motifs is 1. The number of nitrogens with one attached hydrogen (secondary N) is 1. The summed E-state index contributed by atoms with van der Waals surface area (Å²) in [6.45, 7) is 7.66. The molecule has 2 heteroatoms. The summed E-state index contributed by atoms with van der Waals surface area (Å²) in [5, 5.41) is 3.67. The standard InChI is InChI=1S/C15H19N.ClH/c1-3-7-13-11-12-9-5-6-10-14(12)15(16-13)8-4-2;/h3-6,9-10,13,15-16H,1-2,7-8,11H2;1H. The van der Waals surface area contributed by atoms with Gasteiger partial charge in [-0.15, -0.1) is 25.6 Å². The van der Waals surface area contributed by atoms with Crippen LogP contribution in [0.5, 0.6) is 0 Å². The minimum absolute atomic E-state index is 0. The monoisotopic (exact) mass is 249 g/mol. The zero-order valence-corrected chi connectivity index (χ0v) is 10.9. The van der Waals surface area contributed by atoms with Gasteiger partial charge in [-0.2, -0.15) is 0 Å². The van der Waals surface area contributed by atoms with E-state index in [0.717, 1.165) is 19.3 Å². The molecule has 0 spiro atoms. The van der Waals surface area contributed by atoms with E-state index in [2.05, 4.69) is 42.7 Å². The van der Waals surface area contributed by atoms with Crippen molar-refractivity contribution in [1.82, 2.24) is 5.32 Å². The van der Waals surface area contributed by atoms with Gasteiger partial charge in [0.05, 0.1) is 0 Å². The van der Waals surface area contributed by atoms with Crippen LogP contribution in [0.1, 0.15) is 30.0 Å². The molecule has 0 saturated carbocycles. The van der Waals surface area contributed by atoms with Crippen molar-refractivity contribution in [2.75, 3.05) is 0 Å². The zero-order valence-electron chi connectivity index (χ0n) is 10.1. The molecule has 1 nitrogen and oxygen atoms in total. The molecule has 0 amide bonds. The molecule has 1 aliphatic heterocycles. The Morgan fingerprint density at radius 1 is 1.18 bits per heavy atom. The quantitative estimate of drug-likeness (QED) is 0.800. The van der Waals surface area contributed by atoms with E-state index in [0.29, 0.717) is 12.1 Å². The van der Waals surface area contributed by atoms with Crippen LogP contribution in [-0.4, -0.2) is 6.04 Å². The molecule has 1 N–H and O–H groups in total. The minimum Gasteiger partial charge on any atom is -0.306 e. The van der Waals surface area contributed by atoms with Gasteiger partial charge in [0.25, 0.3) is 0 Å². The highest BCUT2D eigenvalue weighted by atomic mass is 35.5. The third kappa shape index (κ3) is 3.21. The molecule has 0 saturated heterocycles. The fraction of sp³-hybridized carbons (Fsp3) is 0.333. The van der Waals surface area contributed by atoms with Crippen molar-refractivity contribution in [3.05, 3.63) is 60.7 Å². The highest BCUT2D eigenvalue weighted by Gasteiger charge is 2.23. The number of hydrogen-bond acceptors (Lipinski definition) is 1. The van der Waals surface area contributed by atoms with Gasteiger partial charge in [0.15, 0.2) is 0 Å². The Balaban J connectivity index is 0.00000144. The molecule has 1 aromatic carbocycles. The van der Waals surface area contributed by atoms with Crippen molar-refractivity contribution in [3.63, 3.8) is 0 Å². The lowest BCUT2D eigenvalue weighted by Gasteiger charge is -2.32. The molecule has 2 atom stereocenters. The van der Waals surface area contributed by atoms with E-state index in [4.69, 9.17) is 0 Å². The van der Waals surface area contributed by atoms with Crippen molar-refractivity contribution < 1.29 is 0 Å². The number of benzene rings is 1. The van der Waals surface area contributed by atoms with Crippen LogP contribution in [0.15, 0.2) is 49.6 Å². The molecule has 1 aromatic rings. The van der Waals surface area contributed by atoms with Crippen LogP contribution >= 0.6 is 12.4 Å². The van der Waals surface area contributed by atoms with Crippen LogP contribution in [0.4, 0.5) is 0 Å². The summed E-state index contributed by atoms with van der Waals surface area (Å²) < 4.78 is 0. The van der Waals surface area contributed by atoms with E-state index in [1.54, 1.807) is 0 Å². The summed E-state index contributed by atoms with van der Waals surface area (Å²) in [6.07, 6.45) is 7.11. The Bertz CT molecular complexity index is 386. The molecule has 0 bridgehead atoms. The molecular weight excluding hydrogens is 230 g/mol. The molecule has 2 rings (SSSR count). The second-order valence-corrected chi connectivity index (χ2v) is 4.37. The first-order valence-electron chi connectivity index (χ1n) is 5.90. The highest BCUT2D eigenvalue weighted by molar-refractivity contribution is 5.85. The summed E-state index contributed by atoms with van der Waals surface area (Å²) >= 11 is 0. The predicted octanol–water partition coefficient (Wildman–Crippen LogP) is 3.82. The van der Waals surface area contributed by atoms with Crippen LogP contribution < -0.4 is 5.32 Å². The van der Waals surface area contributed by atoms with Crippen molar-refractivity contribution in [3.8, 4) is 0 Å². The normalized spacial score (nSPS) is 22.1. The second-order valence-electron chi connectivity index (χ2n) is 4.37. The summed E-state index contributed by atoms with van der Waals surface area (Å²) in [6, 6.07) is 9.65. The van der Waals surface area contributed by atoms with Gasteiger partial charge in [0, 0.05) is 12.1 Å². The molecular formula is C15H20ClN. The van der Waals surface area contributed by atoms with Gasteiger partial charge in [-0.1, -0.05) is 36.4 Å². The number of halogens is 1. The minimum atomic E-state index is 0. The van der Waals surface area contributed by atoms with Crippen LogP contribution in [0, 0.1) is 0 Å². The lowest BCUT2D eigenvalue weighted by atomic mass is 9.88. The Morgan fingerprint density at radius 2 is 1.88 bits per heavy atom. The third-order valence-corrected chi connectivity index (χ3v) is 3.19. The van der Waals surface area contributed by atoms with E-state index < -0.39 is 0 Å². The van der Waals surface area contributed by atoms with Gasteiger partial charge in [-0.05, 0) is 30.4 Å². The molecule has 92 valence electrons. The molecule has 1 heterocycles. The van der Waals surface area contributed by atoms with E-state index in [1.165, 1.54) is 11.1 Å². The van der Waals surface area contributed by atoms with E-state index in [-0.39, 0.29) is 12.4 Å².